The zero-order valence-corrected chi connectivity index (χ0v) is 10.7. The molecule has 0 fully saturated rings. The molecule has 0 N–H and O–H groups in total. The number of carbonyl (C=O) groups is 1. The van der Waals surface area contributed by atoms with Gasteiger partial charge in [-0.05, 0) is 19.1 Å². The maximum Gasteiger partial charge on any atom is 0.269 e. The molecule has 0 bridgehead atoms. The molecule has 19 heavy (non-hydrogen) atoms. The SMILES string of the molecule is Cc1noc(CN2C(=O)c3ccccc3S2(=O)=O)n1. The average molecular weight is 279 g/mol. The fourth-order valence-electron chi connectivity index (χ4n) is 1.91. The molecule has 1 aromatic carbocycles. The van der Waals surface area contributed by atoms with E-state index >= 15 is 0 Å². The third-order valence-corrected chi connectivity index (χ3v) is 4.55. The van der Waals surface area contributed by atoms with Gasteiger partial charge in [0.2, 0.25) is 5.89 Å². The molecular formula is C11H9N3O4S. The van der Waals surface area contributed by atoms with E-state index in [1.54, 1.807) is 19.1 Å². The van der Waals surface area contributed by atoms with Crippen LogP contribution in [0.15, 0.2) is 33.7 Å². The number of aromatic nitrogens is 2. The molecule has 7 nitrogen and oxygen atoms in total. The first-order chi connectivity index (χ1) is 9.00. The summed E-state index contributed by atoms with van der Waals surface area (Å²) in [5.74, 6) is -0.106. The van der Waals surface area contributed by atoms with Crippen LogP contribution in [-0.4, -0.2) is 28.8 Å². The summed E-state index contributed by atoms with van der Waals surface area (Å²) in [6.45, 7) is 1.36. The number of hydrogen-bond donors (Lipinski definition) is 0. The number of fused-ring (bicyclic) bond motifs is 1. The maximum atomic E-state index is 12.2. The van der Waals surface area contributed by atoms with Crippen LogP contribution < -0.4 is 0 Å². The van der Waals surface area contributed by atoms with Crippen molar-refractivity contribution in [1.82, 2.24) is 14.4 Å². The van der Waals surface area contributed by atoms with Gasteiger partial charge in [-0.25, -0.2) is 12.7 Å². The van der Waals surface area contributed by atoms with Crippen molar-refractivity contribution in [2.45, 2.75) is 18.4 Å². The molecule has 2 heterocycles. The average Bonchev–Trinajstić information content (AvgIpc) is 2.87. The molecule has 8 heteroatoms. The van der Waals surface area contributed by atoms with E-state index < -0.39 is 15.9 Å². The Morgan fingerprint density at radius 1 is 1.32 bits per heavy atom. The Balaban J connectivity index is 2.03. The van der Waals surface area contributed by atoms with E-state index in [-0.39, 0.29) is 22.9 Å². The van der Waals surface area contributed by atoms with E-state index in [1.165, 1.54) is 12.1 Å². The Labute approximate surface area is 108 Å². The molecule has 0 aliphatic carbocycles. The largest absolute Gasteiger partial charge is 0.337 e. The number of rotatable bonds is 2. The van der Waals surface area contributed by atoms with Gasteiger partial charge in [0, 0.05) is 0 Å². The monoisotopic (exact) mass is 279 g/mol. The number of sulfonamides is 1. The number of aryl methyl sites for hydroxylation is 1. The van der Waals surface area contributed by atoms with Gasteiger partial charge in [0.25, 0.3) is 15.9 Å². The van der Waals surface area contributed by atoms with Gasteiger partial charge in [0.05, 0.1) is 5.56 Å². The summed E-state index contributed by atoms with van der Waals surface area (Å²) < 4.78 is 30.0. The molecule has 1 amide bonds. The van der Waals surface area contributed by atoms with Gasteiger partial charge < -0.3 is 4.52 Å². The Kier molecular flexibility index (Phi) is 2.42. The Morgan fingerprint density at radius 2 is 2.05 bits per heavy atom. The molecular weight excluding hydrogens is 270 g/mol. The highest BCUT2D eigenvalue weighted by molar-refractivity contribution is 7.90. The van der Waals surface area contributed by atoms with Crippen molar-refractivity contribution in [3.05, 3.63) is 41.5 Å². The standard InChI is InChI=1S/C11H9N3O4S/c1-7-12-10(18-13-7)6-14-11(15)8-4-2-3-5-9(8)19(14,16)17/h2-5H,6H2,1H3. The molecule has 3 rings (SSSR count). The maximum absolute atomic E-state index is 12.2. The van der Waals surface area contributed by atoms with Crippen LogP contribution in [0.4, 0.5) is 0 Å². The lowest BCUT2D eigenvalue weighted by Crippen LogP contribution is -2.29. The van der Waals surface area contributed by atoms with Gasteiger partial charge in [-0.1, -0.05) is 17.3 Å². The molecule has 0 atom stereocenters. The normalized spacial score (nSPS) is 16.7. The van der Waals surface area contributed by atoms with Crippen LogP contribution in [0.25, 0.3) is 0 Å². The van der Waals surface area contributed by atoms with Crippen LogP contribution in [0.1, 0.15) is 22.1 Å². The van der Waals surface area contributed by atoms with Crippen LogP contribution in [-0.2, 0) is 16.6 Å². The van der Waals surface area contributed by atoms with E-state index in [0.717, 1.165) is 4.31 Å². The number of carbonyl (C=O) groups excluding carboxylic acids is 1. The van der Waals surface area contributed by atoms with Gasteiger partial charge >= 0.3 is 0 Å². The van der Waals surface area contributed by atoms with E-state index in [2.05, 4.69) is 10.1 Å². The van der Waals surface area contributed by atoms with Crippen LogP contribution in [0.5, 0.6) is 0 Å². The van der Waals surface area contributed by atoms with Crippen molar-refractivity contribution in [3.8, 4) is 0 Å². The molecule has 0 unspecified atom stereocenters. The zero-order valence-electron chi connectivity index (χ0n) is 9.90. The highest BCUT2D eigenvalue weighted by atomic mass is 32.2. The van der Waals surface area contributed by atoms with Crippen LogP contribution >= 0.6 is 0 Å². The number of hydrogen-bond acceptors (Lipinski definition) is 6. The van der Waals surface area contributed by atoms with Gasteiger partial charge in [0.1, 0.15) is 11.4 Å². The predicted octanol–water partition coefficient (Wildman–Crippen LogP) is 0.723. The molecule has 0 spiro atoms. The van der Waals surface area contributed by atoms with Crippen molar-refractivity contribution in [2.75, 3.05) is 0 Å². The highest BCUT2D eigenvalue weighted by Gasteiger charge is 2.41. The Hall–Kier alpha value is -2.22. The molecule has 98 valence electrons. The van der Waals surface area contributed by atoms with E-state index in [4.69, 9.17) is 4.52 Å². The van der Waals surface area contributed by atoms with Gasteiger partial charge in [0.15, 0.2) is 5.82 Å². The quantitative estimate of drug-likeness (QED) is 0.804. The minimum absolute atomic E-state index is 0.0104. The topological polar surface area (TPSA) is 93.4 Å². The van der Waals surface area contributed by atoms with E-state index in [0.29, 0.717) is 5.82 Å². The van der Waals surface area contributed by atoms with E-state index in [9.17, 15) is 13.2 Å². The second-order valence-electron chi connectivity index (χ2n) is 4.05. The third kappa shape index (κ3) is 1.72. The summed E-state index contributed by atoms with van der Waals surface area (Å²) in [6, 6.07) is 6.08. The third-order valence-electron chi connectivity index (χ3n) is 2.76. The molecule has 1 aromatic heterocycles. The molecule has 1 aliphatic heterocycles. The molecule has 0 saturated carbocycles. The molecule has 0 saturated heterocycles. The van der Waals surface area contributed by atoms with Gasteiger partial charge in [-0.2, -0.15) is 4.98 Å². The van der Waals surface area contributed by atoms with Gasteiger partial charge in [-0.15, -0.1) is 0 Å². The summed E-state index contributed by atoms with van der Waals surface area (Å²) in [4.78, 5) is 16.0. The zero-order chi connectivity index (χ0) is 13.6. The van der Waals surface area contributed by atoms with E-state index in [1.807, 2.05) is 0 Å². The lowest BCUT2D eigenvalue weighted by atomic mass is 10.2. The second-order valence-corrected chi connectivity index (χ2v) is 5.88. The fourth-order valence-corrected chi connectivity index (χ4v) is 3.43. The highest BCUT2D eigenvalue weighted by Crippen LogP contribution is 2.30. The lowest BCUT2D eigenvalue weighted by molar-refractivity contribution is 0.0855. The minimum Gasteiger partial charge on any atom is -0.337 e. The second kappa shape index (κ2) is 3.89. The summed E-state index contributed by atoms with van der Waals surface area (Å²) in [7, 11) is -3.83. The van der Waals surface area contributed by atoms with Crippen LogP contribution in [0, 0.1) is 6.92 Å². The van der Waals surface area contributed by atoms with Crippen molar-refractivity contribution >= 4 is 15.9 Å². The summed E-state index contributed by atoms with van der Waals surface area (Å²) >= 11 is 0. The predicted molar refractivity (Wildman–Crippen MR) is 62.5 cm³/mol. The Morgan fingerprint density at radius 3 is 2.68 bits per heavy atom. The molecule has 1 aliphatic rings. The Bertz CT molecular complexity index is 766. The number of benzene rings is 1. The minimum atomic E-state index is -3.83. The van der Waals surface area contributed by atoms with Crippen molar-refractivity contribution in [2.24, 2.45) is 0 Å². The molecule has 0 radical (unpaired) electrons. The summed E-state index contributed by atoms with van der Waals surface area (Å²) in [6.07, 6.45) is 0. The number of amides is 1. The van der Waals surface area contributed by atoms with Gasteiger partial charge in [-0.3, -0.25) is 4.79 Å². The first-order valence-electron chi connectivity index (χ1n) is 5.45. The van der Waals surface area contributed by atoms with Crippen LogP contribution in [0.3, 0.4) is 0 Å². The first-order valence-corrected chi connectivity index (χ1v) is 6.89. The summed E-state index contributed by atoms with van der Waals surface area (Å²) in [5.41, 5.74) is 0.165. The van der Waals surface area contributed by atoms with Crippen molar-refractivity contribution in [3.63, 3.8) is 0 Å². The van der Waals surface area contributed by atoms with Crippen molar-refractivity contribution < 1.29 is 17.7 Å². The molecule has 2 aromatic rings. The summed E-state index contributed by atoms with van der Waals surface area (Å²) in [5, 5.41) is 3.56. The lowest BCUT2D eigenvalue weighted by Gasteiger charge is -2.11. The number of nitrogens with zero attached hydrogens (tertiary/aromatic N) is 3. The first kappa shape index (κ1) is 11.8. The smallest absolute Gasteiger partial charge is 0.269 e. The fraction of sp³-hybridized carbons (Fsp3) is 0.182. The van der Waals surface area contributed by atoms with Crippen molar-refractivity contribution in [1.29, 1.82) is 0 Å². The van der Waals surface area contributed by atoms with Crippen LogP contribution in [0.2, 0.25) is 0 Å².